The summed E-state index contributed by atoms with van der Waals surface area (Å²) in [5.41, 5.74) is 0.648. The highest BCUT2D eigenvalue weighted by atomic mass is 32.2. The minimum atomic E-state index is -0.319. The van der Waals surface area contributed by atoms with Gasteiger partial charge in [-0.25, -0.2) is 4.39 Å². The topological polar surface area (TPSA) is 62.7 Å². The summed E-state index contributed by atoms with van der Waals surface area (Å²) >= 11 is 1.19. The van der Waals surface area contributed by atoms with Crippen molar-refractivity contribution in [3.8, 4) is 17.5 Å². The summed E-state index contributed by atoms with van der Waals surface area (Å²) in [5.74, 6) is -0.00129. The van der Waals surface area contributed by atoms with Crippen molar-refractivity contribution in [2.24, 2.45) is 0 Å². The third-order valence-electron chi connectivity index (χ3n) is 1.96. The van der Waals surface area contributed by atoms with Crippen molar-refractivity contribution in [3.63, 3.8) is 0 Å². The highest BCUT2D eigenvalue weighted by molar-refractivity contribution is 7.99. The summed E-state index contributed by atoms with van der Waals surface area (Å²) in [6, 6.07) is 7.82. The van der Waals surface area contributed by atoms with E-state index in [9.17, 15) is 4.39 Å². The van der Waals surface area contributed by atoms with Gasteiger partial charge in [0.2, 0.25) is 5.89 Å². The first kappa shape index (κ1) is 11.6. The molecule has 0 bridgehead atoms. The Morgan fingerprint density at radius 2 is 2.06 bits per heavy atom. The Morgan fingerprint density at radius 3 is 2.71 bits per heavy atom. The molecule has 0 N–H and O–H groups in total. The van der Waals surface area contributed by atoms with E-state index in [1.165, 1.54) is 23.9 Å². The SMILES string of the molecule is CC(C#N)Sc1nnc(-c2ccc(F)cc2)o1. The van der Waals surface area contributed by atoms with Crippen molar-refractivity contribution in [1.29, 1.82) is 5.26 Å². The average Bonchev–Trinajstić information content (AvgIpc) is 2.78. The van der Waals surface area contributed by atoms with E-state index >= 15 is 0 Å². The lowest BCUT2D eigenvalue weighted by molar-refractivity contribution is 0.465. The molecule has 0 saturated carbocycles. The number of aromatic nitrogens is 2. The molecule has 0 aliphatic carbocycles. The van der Waals surface area contributed by atoms with Gasteiger partial charge in [-0.15, -0.1) is 10.2 Å². The van der Waals surface area contributed by atoms with Crippen molar-refractivity contribution in [2.45, 2.75) is 17.4 Å². The highest BCUT2D eigenvalue weighted by Gasteiger charge is 2.12. The summed E-state index contributed by atoms with van der Waals surface area (Å²) in [5, 5.41) is 16.4. The van der Waals surface area contributed by atoms with Crippen molar-refractivity contribution >= 4 is 11.8 Å². The van der Waals surface area contributed by atoms with Gasteiger partial charge < -0.3 is 4.42 Å². The Hall–Kier alpha value is -1.87. The smallest absolute Gasteiger partial charge is 0.278 e. The molecule has 0 saturated heterocycles. The average molecular weight is 249 g/mol. The van der Waals surface area contributed by atoms with Gasteiger partial charge in [-0.3, -0.25) is 0 Å². The first-order valence-electron chi connectivity index (χ1n) is 4.85. The molecule has 0 spiro atoms. The van der Waals surface area contributed by atoms with Crippen LogP contribution >= 0.6 is 11.8 Å². The van der Waals surface area contributed by atoms with Crippen LogP contribution < -0.4 is 0 Å². The first-order valence-corrected chi connectivity index (χ1v) is 5.72. The molecule has 6 heteroatoms. The van der Waals surface area contributed by atoms with Crippen molar-refractivity contribution in [3.05, 3.63) is 30.1 Å². The molecule has 86 valence electrons. The monoisotopic (exact) mass is 249 g/mol. The third kappa shape index (κ3) is 2.82. The molecule has 1 aromatic carbocycles. The lowest BCUT2D eigenvalue weighted by atomic mass is 10.2. The number of nitrogens with zero attached hydrogens (tertiary/aromatic N) is 3. The zero-order valence-electron chi connectivity index (χ0n) is 8.92. The van der Waals surface area contributed by atoms with Crippen LogP contribution in [0.5, 0.6) is 0 Å². The number of hydrogen-bond acceptors (Lipinski definition) is 5. The molecule has 0 fully saturated rings. The van der Waals surface area contributed by atoms with E-state index in [0.717, 1.165) is 0 Å². The van der Waals surface area contributed by atoms with Crippen LogP contribution in [0.4, 0.5) is 4.39 Å². The fourth-order valence-corrected chi connectivity index (χ4v) is 1.71. The van der Waals surface area contributed by atoms with Gasteiger partial charge in [-0.05, 0) is 43.0 Å². The van der Waals surface area contributed by atoms with Gasteiger partial charge in [0.15, 0.2) is 0 Å². The Balaban J connectivity index is 2.18. The van der Waals surface area contributed by atoms with Crippen LogP contribution in [0.1, 0.15) is 6.92 Å². The minimum Gasteiger partial charge on any atom is -0.411 e. The molecule has 0 radical (unpaired) electrons. The molecule has 1 unspecified atom stereocenters. The van der Waals surface area contributed by atoms with Crippen LogP contribution in [0.3, 0.4) is 0 Å². The second kappa shape index (κ2) is 4.97. The predicted octanol–water partition coefficient (Wildman–Crippen LogP) is 2.88. The summed E-state index contributed by atoms with van der Waals surface area (Å²) in [6.07, 6.45) is 0. The molecular formula is C11H8FN3OS. The number of benzene rings is 1. The largest absolute Gasteiger partial charge is 0.411 e. The molecule has 17 heavy (non-hydrogen) atoms. The minimum absolute atomic E-state index is 0.253. The van der Waals surface area contributed by atoms with Crippen LogP contribution in [0.15, 0.2) is 33.9 Å². The highest BCUT2D eigenvalue weighted by Crippen LogP contribution is 2.25. The van der Waals surface area contributed by atoms with Gasteiger partial charge in [0.1, 0.15) is 5.82 Å². The van der Waals surface area contributed by atoms with Crippen molar-refractivity contribution in [2.75, 3.05) is 0 Å². The molecule has 2 aromatic rings. The van der Waals surface area contributed by atoms with Crippen LogP contribution in [0.2, 0.25) is 0 Å². The standard InChI is InChI=1S/C11H8FN3OS/c1-7(6-13)17-11-15-14-10(16-11)8-2-4-9(12)5-3-8/h2-5,7H,1H3. The van der Waals surface area contributed by atoms with E-state index < -0.39 is 0 Å². The van der Waals surface area contributed by atoms with Gasteiger partial charge >= 0.3 is 0 Å². The van der Waals surface area contributed by atoms with Gasteiger partial charge in [0.05, 0.1) is 11.3 Å². The zero-order valence-corrected chi connectivity index (χ0v) is 9.74. The maximum absolute atomic E-state index is 12.7. The number of halogens is 1. The van der Waals surface area contributed by atoms with Crippen LogP contribution in [0, 0.1) is 17.1 Å². The van der Waals surface area contributed by atoms with Gasteiger partial charge in [-0.1, -0.05) is 0 Å². The van der Waals surface area contributed by atoms with Gasteiger partial charge in [0, 0.05) is 5.56 Å². The summed E-state index contributed by atoms with van der Waals surface area (Å²) in [7, 11) is 0. The third-order valence-corrected chi connectivity index (χ3v) is 2.78. The quantitative estimate of drug-likeness (QED) is 0.782. The maximum Gasteiger partial charge on any atom is 0.278 e. The van der Waals surface area contributed by atoms with Crippen LogP contribution in [-0.2, 0) is 0 Å². The number of thioether (sulfide) groups is 1. The fraction of sp³-hybridized carbons (Fsp3) is 0.182. The normalized spacial score (nSPS) is 12.1. The van der Waals surface area contributed by atoms with E-state index in [-0.39, 0.29) is 11.1 Å². The van der Waals surface area contributed by atoms with Gasteiger partial charge in [0.25, 0.3) is 5.22 Å². The van der Waals surface area contributed by atoms with Crippen LogP contribution in [-0.4, -0.2) is 15.4 Å². The van der Waals surface area contributed by atoms with Crippen molar-refractivity contribution < 1.29 is 8.81 Å². The second-order valence-electron chi connectivity index (χ2n) is 3.27. The first-order chi connectivity index (χ1) is 8.19. The Bertz CT molecular complexity index is 547. The maximum atomic E-state index is 12.7. The van der Waals surface area contributed by atoms with E-state index in [0.29, 0.717) is 16.7 Å². The van der Waals surface area contributed by atoms with E-state index in [4.69, 9.17) is 9.68 Å². The number of nitriles is 1. The summed E-state index contributed by atoms with van der Waals surface area (Å²) in [6.45, 7) is 1.74. The molecule has 0 aliphatic heterocycles. The lowest BCUT2D eigenvalue weighted by Crippen LogP contribution is -1.88. The molecule has 1 heterocycles. The Labute approximate surface area is 101 Å². The van der Waals surface area contributed by atoms with E-state index in [1.54, 1.807) is 19.1 Å². The van der Waals surface area contributed by atoms with E-state index in [2.05, 4.69) is 16.3 Å². The summed E-state index contributed by atoms with van der Waals surface area (Å²) < 4.78 is 18.1. The lowest BCUT2D eigenvalue weighted by Gasteiger charge is -1.95. The molecule has 0 aliphatic rings. The number of rotatable bonds is 3. The van der Waals surface area contributed by atoms with E-state index in [1.807, 2.05) is 0 Å². The molecule has 0 amide bonds. The number of hydrogen-bond donors (Lipinski definition) is 0. The summed E-state index contributed by atoms with van der Waals surface area (Å²) in [4.78, 5) is 0. The van der Waals surface area contributed by atoms with Gasteiger partial charge in [-0.2, -0.15) is 5.26 Å². The van der Waals surface area contributed by atoms with Crippen LogP contribution in [0.25, 0.3) is 11.5 Å². The fourth-order valence-electron chi connectivity index (χ4n) is 1.14. The second-order valence-corrected chi connectivity index (χ2v) is 4.56. The molecular weight excluding hydrogens is 241 g/mol. The molecule has 4 nitrogen and oxygen atoms in total. The molecule has 1 atom stereocenters. The Morgan fingerprint density at radius 1 is 1.35 bits per heavy atom. The van der Waals surface area contributed by atoms with Crippen molar-refractivity contribution in [1.82, 2.24) is 10.2 Å². The predicted molar refractivity (Wildman–Crippen MR) is 60.6 cm³/mol. The zero-order chi connectivity index (χ0) is 12.3. The Kier molecular flexibility index (Phi) is 3.40. The molecule has 1 aromatic heterocycles. The molecule has 2 rings (SSSR count).